The Morgan fingerprint density at radius 3 is 1.94 bits per heavy atom. The predicted octanol–water partition coefficient (Wildman–Crippen LogP) is 2.23. The van der Waals surface area contributed by atoms with Gasteiger partial charge in [0.15, 0.2) is 0 Å². The first-order chi connectivity index (χ1) is 7.78. The summed E-state index contributed by atoms with van der Waals surface area (Å²) in [6.45, 7) is 9.31. The number of hydrogen-bond acceptors (Lipinski definition) is 3. The first kappa shape index (κ1) is 14.9. The average molecular weight is 241 g/mol. The summed E-state index contributed by atoms with van der Waals surface area (Å²) in [5.41, 5.74) is 3.19. The van der Waals surface area contributed by atoms with Gasteiger partial charge >= 0.3 is 0 Å². The molecule has 1 rings (SSSR count). The van der Waals surface area contributed by atoms with E-state index in [1.54, 1.807) is 0 Å². The van der Waals surface area contributed by atoms with Gasteiger partial charge in [-0.2, -0.15) is 0 Å². The van der Waals surface area contributed by atoms with Crippen molar-refractivity contribution in [2.45, 2.75) is 58.5 Å². The van der Waals surface area contributed by atoms with Crippen LogP contribution in [0.4, 0.5) is 0 Å². The first-order valence-electron chi connectivity index (χ1n) is 6.92. The molecular weight excluding hydrogens is 210 g/mol. The topological polar surface area (TPSA) is 41.3 Å². The van der Waals surface area contributed by atoms with Gasteiger partial charge in [0.05, 0.1) is 0 Å². The zero-order valence-corrected chi connectivity index (χ0v) is 12.5. The van der Waals surface area contributed by atoms with E-state index in [9.17, 15) is 0 Å². The highest BCUT2D eigenvalue weighted by atomic mass is 15.3. The molecule has 0 heterocycles. The Kier molecular flexibility index (Phi) is 4.99. The van der Waals surface area contributed by atoms with Crippen LogP contribution in [0.25, 0.3) is 0 Å². The summed E-state index contributed by atoms with van der Waals surface area (Å²) in [5, 5.41) is 0. The van der Waals surface area contributed by atoms with Crippen LogP contribution in [0.5, 0.6) is 0 Å². The summed E-state index contributed by atoms with van der Waals surface area (Å²) < 4.78 is 0. The fourth-order valence-corrected chi connectivity index (χ4v) is 3.48. The molecule has 3 heteroatoms. The van der Waals surface area contributed by atoms with E-state index in [2.05, 4.69) is 52.1 Å². The van der Waals surface area contributed by atoms with Crippen molar-refractivity contribution in [1.82, 2.24) is 10.3 Å². The molecule has 0 amide bonds. The Morgan fingerprint density at radius 2 is 1.59 bits per heavy atom. The van der Waals surface area contributed by atoms with Crippen molar-refractivity contribution in [3.63, 3.8) is 0 Å². The van der Waals surface area contributed by atoms with Gasteiger partial charge in [-0.25, -0.2) is 0 Å². The summed E-state index contributed by atoms with van der Waals surface area (Å²) in [4.78, 5) is 2.28. The number of nitrogens with one attached hydrogen (secondary N) is 1. The number of likely N-dealkylation sites (N-methyl/N-ethyl adjacent to an activating group) is 1. The van der Waals surface area contributed by atoms with Crippen LogP contribution < -0.4 is 11.3 Å². The van der Waals surface area contributed by atoms with Crippen LogP contribution in [0.1, 0.15) is 47.0 Å². The molecule has 1 aliphatic rings. The lowest BCUT2D eigenvalue weighted by atomic mass is 9.70. The third kappa shape index (κ3) is 3.43. The normalized spacial score (nSPS) is 32.8. The summed E-state index contributed by atoms with van der Waals surface area (Å²) in [7, 11) is 4.28. The molecule has 17 heavy (non-hydrogen) atoms. The van der Waals surface area contributed by atoms with Crippen molar-refractivity contribution in [2.75, 3.05) is 14.1 Å². The summed E-state index contributed by atoms with van der Waals surface area (Å²) in [5.74, 6) is 8.19. The third-order valence-corrected chi connectivity index (χ3v) is 4.78. The second-order valence-electron chi connectivity index (χ2n) is 6.87. The highest BCUT2D eigenvalue weighted by Gasteiger charge is 2.39. The number of nitrogens with zero attached hydrogens (tertiary/aromatic N) is 1. The highest BCUT2D eigenvalue weighted by Crippen LogP contribution is 2.38. The zero-order valence-electron chi connectivity index (χ0n) is 12.5. The minimum absolute atomic E-state index is 0.0934. The van der Waals surface area contributed by atoms with E-state index in [-0.39, 0.29) is 5.54 Å². The molecule has 1 aliphatic carbocycles. The summed E-state index contributed by atoms with van der Waals surface area (Å²) in [6, 6.07) is 0.364. The van der Waals surface area contributed by atoms with Crippen molar-refractivity contribution >= 4 is 0 Å². The van der Waals surface area contributed by atoms with Crippen molar-refractivity contribution in [3.05, 3.63) is 0 Å². The van der Waals surface area contributed by atoms with Gasteiger partial charge in [-0.1, -0.05) is 13.8 Å². The molecule has 3 atom stereocenters. The van der Waals surface area contributed by atoms with Gasteiger partial charge in [-0.3, -0.25) is 11.3 Å². The van der Waals surface area contributed by atoms with Crippen molar-refractivity contribution in [3.8, 4) is 0 Å². The Bertz CT molecular complexity index is 228. The Balaban J connectivity index is 2.79. The SMILES string of the molecule is CC1CC(C)CC(C(NN)C(C)(C)N(C)C)C1. The molecule has 3 nitrogen and oxygen atoms in total. The van der Waals surface area contributed by atoms with E-state index >= 15 is 0 Å². The maximum atomic E-state index is 5.84. The Labute approximate surface area is 107 Å². The molecule has 0 radical (unpaired) electrons. The largest absolute Gasteiger partial charge is 0.303 e. The lowest BCUT2D eigenvalue weighted by molar-refractivity contribution is 0.0659. The van der Waals surface area contributed by atoms with Crippen LogP contribution in [0, 0.1) is 17.8 Å². The van der Waals surface area contributed by atoms with Crippen LogP contribution in [0.2, 0.25) is 0 Å². The molecule has 102 valence electrons. The molecule has 0 aromatic carbocycles. The molecule has 3 unspecified atom stereocenters. The van der Waals surface area contributed by atoms with Crippen molar-refractivity contribution in [2.24, 2.45) is 23.6 Å². The van der Waals surface area contributed by atoms with Gasteiger partial charge in [-0.05, 0) is 65.0 Å². The van der Waals surface area contributed by atoms with E-state index in [4.69, 9.17) is 5.84 Å². The first-order valence-corrected chi connectivity index (χ1v) is 6.92. The summed E-state index contributed by atoms with van der Waals surface area (Å²) >= 11 is 0. The minimum atomic E-state index is 0.0934. The highest BCUT2D eigenvalue weighted by molar-refractivity contribution is 4.96. The van der Waals surface area contributed by atoms with Gasteiger partial charge < -0.3 is 4.90 Å². The molecule has 0 spiro atoms. The third-order valence-electron chi connectivity index (χ3n) is 4.78. The van der Waals surface area contributed by atoms with E-state index < -0.39 is 0 Å². The quantitative estimate of drug-likeness (QED) is 0.586. The van der Waals surface area contributed by atoms with Crippen LogP contribution in [0.3, 0.4) is 0 Å². The van der Waals surface area contributed by atoms with E-state index in [0.29, 0.717) is 12.0 Å². The fraction of sp³-hybridized carbons (Fsp3) is 1.00. The Morgan fingerprint density at radius 1 is 1.12 bits per heavy atom. The van der Waals surface area contributed by atoms with Crippen LogP contribution in [-0.4, -0.2) is 30.6 Å². The molecule has 1 fully saturated rings. The van der Waals surface area contributed by atoms with Gasteiger partial charge in [0.1, 0.15) is 0 Å². The van der Waals surface area contributed by atoms with E-state index in [1.165, 1.54) is 19.3 Å². The predicted molar refractivity (Wildman–Crippen MR) is 74.5 cm³/mol. The smallest absolute Gasteiger partial charge is 0.0417 e. The molecule has 1 saturated carbocycles. The van der Waals surface area contributed by atoms with Gasteiger partial charge in [0.2, 0.25) is 0 Å². The second kappa shape index (κ2) is 5.68. The molecule has 0 aromatic heterocycles. The molecule has 3 N–H and O–H groups in total. The zero-order chi connectivity index (χ0) is 13.2. The van der Waals surface area contributed by atoms with Gasteiger partial charge in [0.25, 0.3) is 0 Å². The number of nitrogens with two attached hydrogens (primary N) is 1. The maximum Gasteiger partial charge on any atom is 0.0417 e. The van der Waals surface area contributed by atoms with Crippen molar-refractivity contribution < 1.29 is 0 Å². The van der Waals surface area contributed by atoms with E-state index in [1.807, 2.05) is 0 Å². The molecule has 0 saturated heterocycles. The lowest BCUT2D eigenvalue weighted by Crippen LogP contribution is -2.61. The second-order valence-corrected chi connectivity index (χ2v) is 6.87. The standard InChI is InChI=1S/C14H31N3/c1-10-7-11(2)9-12(8-10)13(16-15)14(3,4)17(5)6/h10-13,16H,7-9,15H2,1-6H3. The van der Waals surface area contributed by atoms with Crippen LogP contribution in [-0.2, 0) is 0 Å². The lowest BCUT2D eigenvalue weighted by Gasteiger charge is -2.46. The molecule has 0 bridgehead atoms. The number of hydrogen-bond donors (Lipinski definition) is 2. The number of hydrazine groups is 1. The molecule has 0 aromatic rings. The fourth-order valence-electron chi connectivity index (χ4n) is 3.48. The average Bonchev–Trinajstić information content (AvgIpc) is 2.16. The van der Waals surface area contributed by atoms with Gasteiger partial charge in [-0.15, -0.1) is 0 Å². The van der Waals surface area contributed by atoms with E-state index in [0.717, 1.165) is 11.8 Å². The molecule has 0 aliphatic heterocycles. The molecular formula is C14H31N3. The van der Waals surface area contributed by atoms with Crippen LogP contribution >= 0.6 is 0 Å². The number of rotatable bonds is 4. The summed E-state index contributed by atoms with van der Waals surface area (Å²) in [6.07, 6.45) is 3.98. The monoisotopic (exact) mass is 241 g/mol. The van der Waals surface area contributed by atoms with Crippen molar-refractivity contribution in [1.29, 1.82) is 0 Å². The maximum absolute atomic E-state index is 5.84. The Hall–Kier alpha value is -0.120. The van der Waals surface area contributed by atoms with Gasteiger partial charge in [0, 0.05) is 11.6 Å². The van der Waals surface area contributed by atoms with Crippen LogP contribution in [0.15, 0.2) is 0 Å². The minimum Gasteiger partial charge on any atom is -0.303 e.